The molecule has 1 aliphatic heterocycles. The van der Waals surface area contributed by atoms with Gasteiger partial charge >= 0.3 is 0 Å². The van der Waals surface area contributed by atoms with Crippen molar-refractivity contribution in [2.75, 3.05) is 11.9 Å². The molecule has 184 valence electrons. The van der Waals surface area contributed by atoms with Crippen molar-refractivity contribution in [2.24, 2.45) is 0 Å². The third kappa shape index (κ3) is 6.58. The Balaban J connectivity index is 1.43. The fourth-order valence-corrected chi connectivity index (χ4v) is 6.38. The molecule has 36 heavy (non-hydrogen) atoms. The number of rotatable bonds is 7. The normalized spacial score (nSPS) is 14.4. The Morgan fingerprint density at radius 3 is 2.44 bits per heavy atom. The van der Waals surface area contributed by atoms with E-state index >= 15 is 0 Å². The summed E-state index contributed by atoms with van der Waals surface area (Å²) in [5.74, 6) is -1.05. The summed E-state index contributed by atoms with van der Waals surface area (Å²) >= 11 is 10.8. The van der Waals surface area contributed by atoms with Gasteiger partial charge in [-0.05, 0) is 104 Å². The number of nitrogens with zero attached hydrogens (tertiary/aromatic N) is 1. The van der Waals surface area contributed by atoms with Gasteiger partial charge in [0.2, 0.25) is 5.91 Å². The number of halogens is 4. The lowest BCUT2D eigenvalue weighted by molar-refractivity contribution is -0.127. The number of imide groups is 1. The van der Waals surface area contributed by atoms with Gasteiger partial charge in [-0.3, -0.25) is 19.3 Å². The van der Waals surface area contributed by atoms with E-state index in [0.29, 0.717) is 6.61 Å². The Bertz CT molecular complexity index is 1360. The summed E-state index contributed by atoms with van der Waals surface area (Å²) in [5, 5.41) is 1.81. The monoisotopic (exact) mass is 748 g/mol. The molecule has 0 saturated carbocycles. The molecule has 1 fully saturated rings. The van der Waals surface area contributed by atoms with Crippen LogP contribution in [0.2, 0.25) is 5.02 Å². The molecular formula is C25H16ClFI2N2O4S. The highest BCUT2D eigenvalue weighted by Crippen LogP contribution is 2.35. The van der Waals surface area contributed by atoms with Crippen LogP contribution in [0, 0.1) is 13.0 Å². The second kappa shape index (κ2) is 11.9. The summed E-state index contributed by atoms with van der Waals surface area (Å²) in [6.07, 6.45) is 1.62. The zero-order chi connectivity index (χ0) is 25.8. The lowest BCUT2D eigenvalue weighted by atomic mass is 10.2. The lowest BCUT2D eigenvalue weighted by Gasteiger charge is -2.13. The van der Waals surface area contributed by atoms with Crippen LogP contribution in [0.4, 0.5) is 14.9 Å². The van der Waals surface area contributed by atoms with Gasteiger partial charge in [0, 0.05) is 5.69 Å². The molecule has 6 nitrogen and oxygen atoms in total. The van der Waals surface area contributed by atoms with Crippen molar-refractivity contribution in [3.05, 3.63) is 94.7 Å². The molecule has 1 N–H and O–H groups in total. The highest BCUT2D eigenvalue weighted by atomic mass is 127. The molecule has 0 bridgehead atoms. The number of hydrogen-bond donors (Lipinski definition) is 1. The molecule has 0 atom stereocenters. The third-order valence-corrected chi connectivity index (χ3v) is 7.72. The Labute approximate surface area is 242 Å². The van der Waals surface area contributed by atoms with E-state index in [0.717, 1.165) is 46.7 Å². The summed E-state index contributed by atoms with van der Waals surface area (Å²) in [6.45, 7) is -0.0460. The number of benzene rings is 3. The average molecular weight is 749 g/mol. The second-order valence-electron chi connectivity index (χ2n) is 7.53. The fourth-order valence-electron chi connectivity index (χ4n) is 3.24. The van der Waals surface area contributed by atoms with Crippen molar-refractivity contribution in [1.82, 2.24) is 4.90 Å². The van der Waals surface area contributed by atoms with E-state index in [1.54, 1.807) is 6.08 Å². The number of carbonyl (C=O) groups excluding carboxylic acids is 3. The molecule has 0 spiro atoms. The number of thioether (sulfide) groups is 1. The summed E-state index contributed by atoms with van der Waals surface area (Å²) < 4.78 is 21.0. The van der Waals surface area contributed by atoms with Gasteiger partial charge in [0.25, 0.3) is 11.1 Å². The summed E-state index contributed by atoms with van der Waals surface area (Å²) in [5.41, 5.74) is 2.04. The number of nitrogens with one attached hydrogen (secondary N) is 1. The van der Waals surface area contributed by atoms with Gasteiger partial charge in [-0.25, -0.2) is 4.39 Å². The van der Waals surface area contributed by atoms with Crippen LogP contribution < -0.4 is 10.1 Å². The summed E-state index contributed by atoms with van der Waals surface area (Å²) in [7, 11) is 0. The zero-order valence-corrected chi connectivity index (χ0v) is 24.2. The van der Waals surface area contributed by atoms with Gasteiger partial charge in [0.1, 0.15) is 24.7 Å². The lowest BCUT2D eigenvalue weighted by Crippen LogP contribution is -2.36. The summed E-state index contributed by atoms with van der Waals surface area (Å²) in [4.78, 5) is 38.7. The van der Waals surface area contributed by atoms with Crippen LogP contribution >= 0.6 is 68.5 Å². The molecule has 11 heteroatoms. The van der Waals surface area contributed by atoms with E-state index in [4.69, 9.17) is 16.3 Å². The van der Waals surface area contributed by atoms with Gasteiger partial charge in [-0.1, -0.05) is 41.9 Å². The molecule has 1 heterocycles. The number of ether oxygens (including phenoxy) is 1. The van der Waals surface area contributed by atoms with Gasteiger partial charge in [0.15, 0.2) is 0 Å². The molecule has 1 aliphatic rings. The Kier molecular flexibility index (Phi) is 8.91. The first kappa shape index (κ1) is 26.9. The van der Waals surface area contributed by atoms with E-state index in [1.807, 2.05) is 42.5 Å². The van der Waals surface area contributed by atoms with E-state index in [9.17, 15) is 18.8 Å². The van der Waals surface area contributed by atoms with Crippen LogP contribution in [0.3, 0.4) is 0 Å². The molecular weight excluding hydrogens is 733 g/mol. The Morgan fingerprint density at radius 2 is 1.78 bits per heavy atom. The van der Waals surface area contributed by atoms with Crippen LogP contribution in [0.5, 0.6) is 5.75 Å². The minimum Gasteiger partial charge on any atom is -0.487 e. The van der Waals surface area contributed by atoms with Crippen molar-refractivity contribution in [1.29, 1.82) is 0 Å². The topological polar surface area (TPSA) is 75.7 Å². The van der Waals surface area contributed by atoms with Crippen LogP contribution in [-0.4, -0.2) is 28.5 Å². The highest BCUT2D eigenvalue weighted by molar-refractivity contribution is 14.1. The number of anilines is 1. The molecule has 0 unspecified atom stereocenters. The van der Waals surface area contributed by atoms with Gasteiger partial charge < -0.3 is 10.1 Å². The first-order valence-electron chi connectivity index (χ1n) is 10.4. The zero-order valence-electron chi connectivity index (χ0n) is 18.3. The van der Waals surface area contributed by atoms with Crippen molar-refractivity contribution in [2.45, 2.75) is 6.61 Å². The maximum Gasteiger partial charge on any atom is 0.294 e. The molecule has 1 saturated heterocycles. The van der Waals surface area contributed by atoms with Crippen molar-refractivity contribution < 1.29 is 23.5 Å². The van der Waals surface area contributed by atoms with Gasteiger partial charge in [0.05, 0.1) is 17.1 Å². The first-order valence-corrected chi connectivity index (χ1v) is 13.7. The van der Waals surface area contributed by atoms with Crippen LogP contribution in [0.15, 0.2) is 65.6 Å². The van der Waals surface area contributed by atoms with Gasteiger partial charge in [-0.2, -0.15) is 0 Å². The second-order valence-corrected chi connectivity index (χ2v) is 11.3. The number of hydrogen-bond acceptors (Lipinski definition) is 5. The van der Waals surface area contributed by atoms with Crippen molar-refractivity contribution in [3.63, 3.8) is 0 Å². The number of carbonyl (C=O) groups is 3. The smallest absolute Gasteiger partial charge is 0.294 e. The standard InChI is InChI=1S/C25H16ClFI2N2O4S/c26-17-11-16(6-7-18(17)27)30-22(32)12-31-24(33)21(36-25(31)34)10-15-8-19(28)23(20(29)9-15)35-13-14-4-2-1-3-5-14/h1-11H,12-13H2,(H,30,32)/b21-10+. The van der Waals surface area contributed by atoms with E-state index in [-0.39, 0.29) is 15.6 Å². The fraction of sp³-hybridized carbons (Fsp3) is 0.0800. The minimum atomic E-state index is -0.620. The molecule has 3 amide bonds. The Hall–Kier alpha value is -2.16. The molecule has 0 aliphatic carbocycles. The third-order valence-electron chi connectivity index (χ3n) is 4.92. The number of amides is 3. The maximum absolute atomic E-state index is 13.3. The quantitative estimate of drug-likeness (QED) is 0.210. The van der Waals surface area contributed by atoms with E-state index in [1.165, 1.54) is 12.1 Å². The van der Waals surface area contributed by atoms with Crippen LogP contribution in [-0.2, 0) is 16.2 Å². The Morgan fingerprint density at radius 1 is 1.08 bits per heavy atom. The van der Waals surface area contributed by atoms with E-state index in [2.05, 4.69) is 50.5 Å². The van der Waals surface area contributed by atoms with Crippen LogP contribution in [0.25, 0.3) is 6.08 Å². The first-order chi connectivity index (χ1) is 17.2. The largest absolute Gasteiger partial charge is 0.487 e. The average Bonchev–Trinajstić information content (AvgIpc) is 3.09. The van der Waals surface area contributed by atoms with Gasteiger partial charge in [-0.15, -0.1) is 0 Å². The molecule has 4 rings (SSSR count). The van der Waals surface area contributed by atoms with Crippen molar-refractivity contribution >= 4 is 97.4 Å². The van der Waals surface area contributed by atoms with Crippen LogP contribution in [0.1, 0.15) is 11.1 Å². The predicted octanol–water partition coefficient (Wildman–Crippen LogP) is 6.94. The predicted molar refractivity (Wildman–Crippen MR) is 155 cm³/mol. The van der Waals surface area contributed by atoms with Crippen molar-refractivity contribution in [3.8, 4) is 5.75 Å². The highest BCUT2D eigenvalue weighted by Gasteiger charge is 2.36. The summed E-state index contributed by atoms with van der Waals surface area (Å²) in [6, 6.07) is 17.2. The van der Waals surface area contributed by atoms with E-state index < -0.39 is 29.4 Å². The maximum atomic E-state index is 13.3. The molecule has 0 aromatic heterocycles. The molecule has 0 radical (unpaired) electrons. The molecule has 3 aromatic carbocycles. The SMILES string of the molecule is O=C(CN1C(=O)S/C(=C/c2cc(I)c(OCc3ccccc3)c(I)c2)C1=O)Nc1ccc(F)c(Cl)c1. The minimum absolute atomic E-state index is 0.150. The molecule has 3 aromatic rings.